The van der Waals surface area contributed by atoms with Crippen LogP contribution in [0.4, 0.5) is 5.69 Å². The Labute approximate surface area is 124 Å². The van der Waals surface area contributed by atoms with Gasteiger partial charge in [0.2, 0.25) is 0 Å². The predicted molar refractivity (Wildman–Crippen MR) is 81.2 cm³/mol. The van der Waals surface area contributed by atoms with Gasteiger partial charge < -0.3 is 11.1 Å². The number of benzene rings is 2. The highest BCUT2D eigenvalue weighted by Gasteiger charge is 2.11. The van der Waals surface area contributed by atoms with Crippen LogP contribution in [0.3, 0.4) is 0 Å². The van der Waals surface area contributed by atoms with Gasteiger partial charge in [-0.25, -0.2) is 0 Å². The first-order valence-corrected chi connectivity index (χ1v) is 6.81. The van der Waals surface area contributed by atoms with Gasteiger partial charge in [0.15, 0.2) is 0 Å². The number of carbonyl (C=O) groups is 1. The van der Waals surface area contributed by atoms with E-state index in [1.165, 1.54) is 0 Å². The van der Waals surface area contributed by atoms with Crippen molar-refractivity contribution >= 4 is 39.1 Å². The number of rotatable bonds is 3. The average molecular weight is 340 g/mol. The quantitative estimate of drug-likeness (QED) is 0.839. The molecule has 2 aromatic rings. The van der Waals surface area contributed by atoms with Crippen molar-refractivity contribution in [2.24, 2.45) is 0 Å². The van der Waals surface area contributed by atoms with Crippen molar-refractivity contribution in [1.29, 1.82) is 0 Å². The first-order valence-electron chi connectivity index (χ1n) is 5.64. The van der Waals surface area contributed by atoms with Crippen LogP contribution in [0.1, 0.15) is 15.9 Å². The molecule has 0 heterocycles. The molecule has 0 radical (unpaired) electrons. The van der Waals surface area contributed by atoms with Crippen LogP contribution in [-0.2, 0) is 6.54 Å². The molecule has 19 heavy (non-hydrogen) atoms. The van der Waals surface area contributed by atoms with Crippen LogP contribution >= 0.6 is 27.5 Å². The minimum absolute atomic E-state index is 0.172. The zero-order valence-electron chi connectivity index (χ0n) is 9.99. The van der Waals surface area contributed by atoms with Crippen LogP contribution in [0.5, 0.6) is 0 Å². The standard InChI is InChI=1S/C14H12BrClN2O/c15-13-11(2-1-3-12(13)17)14(19)18-8-9-4-6-10(16)7-5-9/h1-7H,8,17H2,(H,18,19). The molecule has 5 heteroatoms. The summed E-state index contributed by atoms with van der Waals surface area (Å²) >= 11 is 9.11. The minimum Gasteiger partial charge on any atom is -0.398 e. The lowest BCUT2D eigenvalue weighted by Crippen LogP contribution is -2.23. The van der Waals surface area contributed by atoms with E-state index in [9.17, 15) is 4.79 Å². The summed E-state index contributed by atoms with van der Waals surface area (Å²) < 4.78 is 0.614. The first kappa shape index (κ1) is 13.9. The Morgan fingerprint density at radius 3 is 2.58 bits per heavy atom. The van der Waals surface area contributed by atoms with Crippen molar-refractivity contribution in [3.05, 3.63) is 63.1 Å². The van der Waals surface area contributed by atoms with E-state index in [1.807, 2.05) is 12.1 Å². The van der Waals surface area contributed by atoms with Gasteiger partial charge in [0.1, 0.15) is 0 Å². The zero-order chi connectivity index (χ0) is 13.8. The van der Waals surface area contributed by atoms with Crippen molar-refractivity contribution in [2.75, 3.05) is 5.73 Å². The molecule has 0 atom stereocenters. The second-order valence-electron chi connectivity index (χ2n) is 4.02. The van der Waals surface area contributed by atoms with Gasteiger partial charge in [0.05, 0.1) is 10.0 Å². The molecule has 0 saturated heterocycles. The third-order valence-corrected chi connectivity index (χ3v) is 3.78. The Hall–Kier alpha value is -1.52. The fraction of sp³-hybridized carbons (Fsp3) is 0.0714. The van der Waals surface area contributed by atoms with E-state index in [0.29, 0.717) is 27.3 Å². The van der Waals surface area contributed by atoms with E-state index < -0.39 is 0 Å². The maximum absolute atomic E-state index is 12.0. The molecular weight excluding hydrogens is 328 g/mol. The summed E-state index contributed by atoms with van der Waals surface area (Å²) in [5, 5.41) is 3.51. The van der Waals surface area contributed by atoms with Crippen LogP contribution in [0.15, 0.2) is 46.9 Å². The molecule has 2 aromatic carbocycles. The number of amides is 1. The molecule has 0 unspecified atom stereocenters. The van der Waals surface area contributed by atoms with Crippen LogP contribution in [0.2, 0.25) is 5.02 Å². The van der Waals surface area contributed by atoms with Crippen LogP contribution in [0.25, 0.3) is 0 Å². The highest BCUT2D eigenvalue weighted by atomic mass is 79.9. The highest BCUT2D eigenvalue weighted by molar-refractivity contribution is 9.10. The molecular formula is C14H12BrClN2O. The summed E-state index contributed by atoms with van der Waals surface area (Å²) in [6.07, 6.45) is 0. The summed E-state index contributed by atoms with van der Waals surface area (Å²) in [6.45, 7) is 0.442. The van der Waals surface area contributed by atoms with E-state index in [2.05, 4.69) is 21.2 Å². The van der Waals surface area contributed by atoms with Crippen molar-refractivity contribution in [3.8, 4) is 0 Å². The van der Waals surface area contributed by atoms with Crippen molar-refractivity contribution in [3.63, 3.8) is 0 Å². The van der Waals surface area contributed by atoms with Crippen molar-refractivity contribution in [1.82, 2.24) is 5.32 Å². The Kier molecular flexibility index (Phi) is 4.45. The van der Waals surface area contributed by atoms with Crippen LogP contribution in [-0.4, -0.2) is 5.91 Å². The van der Waals surface area contributed by atoms with Gasteiger partial charge in [-0.15, -0.1) is 0 Å². The predicted octanol–water partition coefficient (Wildman–Crippen LogP) is 3.61. The maximum atomic E-state index is 12.0. The van der Waals surface area contributed by atoms with E-state index in [1.54, 1.807) is 30.3 Å². The highest BCUT2D eigenvalue weighted by Crippen LogP contribution is 2.23. The zero-order valence-corrected chi connectivity index (χ0v) is 12.3. The molecule has 3 N–H and O–H groups in total. The number of hydrogen-bond donors (Lipinski definition) is 2. The molecule has 2 rings (SSSR count). The SMILES string of the molecule is Nc1cccc(C(=O)NCc2ccc(Cl)cc2)c1Br. The summed E-state index contributed by atoms with van der Waals surface area (Å²) in [5.74, 6) is -0.172. The topological polar surface area (TPSA) is 55.1 Å². The molecule has 0 fully saturated rings. The molecule has 0 aromatic heterocycles. The van der Waals surface area contributed by atoms with E-state index >= 15 is 0 Å². The minimum atomic E-state index is -0.172. The normalized spacial score (nSPS) is 10.2. The van der Waals surface area contributed by atoms with Gasteiger partial charge in [-0.05, 0) is 45.8 Å². The number of nitrogen functional groups attached to an aromatic ring is 1. The largest absolute Gasteiger partial charge is 0.398 e. The van der Waals surface area contributed by atoms with Crippen molar-refractivity contribution < 1.29 is 4.79 Å². The molecule has 0 saturated carbocycles. The molecule has 3 nitrogen and oxygen atoms in total. The van der Waals surface area contributed by atoms with Gasteiger partial charge in [-0.1, -0.05) is 29.8 Å². The molecule has 1 amide bonds. The summed E-state index contributed by atoms with van der Waals surface area (Å²) in [6, 6.07) is 12.5. The lowest BCUT2D eigenvalue weighted by molar-refractivity contribution is 0.0950. The first-order chi connectivity index (χ1) is 9.08. The van der Waals surface area contributed by atoms with Gasteiger partial charge in [-0.2, -0.15) is 0 Å². The van der Waals surface area contributed by atoms with Gasteiger partial charge in [0, 0.05) is 17.3 Å². The third kappa shape index (κ3) is 3.49. The van der Waals surface area contributed by atoms with E-state index in [-0.39, 0.29) is 5.91 Å². The number of nitrogens with two attached hydrogens (primary N) is 1. The van der Waals surface area contributed by atoms with Crippen LogP contribution < -0.4 is 11.1 Å². The van der Waals surface area contributed by atoms with E-state index in [0.717, 1.165) is 5.56 Å². The Bertz CT molecular complexity index is 599. The molecule has 0 aliphatic heterocycles. The van der Waals surface area contributed by atoms with Gasteiger partial charge >= 0.3 is 0 Å². The number of hydrogen-bond acceptors (Lipinski definition) is 2. The number of halogens is 2. The van der Waals surface area contributed by atoms with Crippen LogP contribution in [0, 0.1) is 0 Å². The monoisotopic (exact) mass is 338 g/mol. The fourth-order valence-corrected chi connectivity index (χ4v) is 2.18. The number of nitrogens with one attached hydrogen (secondary N) is 1. The Morgan fingerprint density at radius 1 is 1.21 bits per heavy atom. The van der Waals surface area contributed by atoms with E-state index in [4.69, 9.17) is 17.3 Å². The smallest absolute Gasteiger partial charge is 0.252 e. The lowest BCUT2D eigenvalue weighted by Gasteiger charge is -2.08. The van der Waals surface area contributed by atoms with Gasteiger partial charge in [0.25, 0.3) is 5.91 Å². The molecule has 0 aliphatic carbocycles. The number of carbonyl (C=O) groups excluding carboxylic acids is 1. The molecule has 0 bridgehead atoms. The third-order valence-electron chi connectivity index (χ3n) is 2.64. The number of anilines is 1. The lowest BCUT2D eigenvalue weighted by atomic mass is 10.1. The second-order valence-corrected chi connectivity index (χ2v) is 5.25. The second kappa shape index (κ2) is 6.08. The van der Waals surface area contributed by atoms with Crippen molar-refractivity contribution in [2.45, 2.75) is 6.54 Å². The summed E-state index contributed by atoms with van der Waals surface area (Å²) in [4.78, 5) is 12.0. The average Bonchev–Trinajstić information content (AvgIpc) is 2.41. The Balaban J connectivity index is 2.05. The Morgan fingerprint density at radius 2 is 1.89 bits per heavy atom. The molecule has 0 aliphatic rings. The van der Waals surface area contributed by atoms with Gasteiger partial charge in [-0.3, -0.25) is 4.79 Å². The maximum Gasteiger partial charge on any atom is 0.252 e. The fourth-order valence-electron chi connectivity index (χ4n) is 1.61. The molecule has 98 valence electrons. The summed E-state index contributed by atoms with van der Waals surface area (Å²) in [7, 11) is 0. The summed E-state index contributed by atoms with van der Waals surface area (Å²) in [5.41, 5.74) is 7.79. The molecule has 0 spiro atoms.